The van der Waals surface area contributed by atoms with E-state index in [2.05, 4.69) is 10.2 Å². The first-order chi connectivity index (χ1) is 15.2. The Morgan fingerprint density at radius 3 is 2.31 bits per heavy atom. The largest absolute Gasteiger partial charge is 0.491 e. The molecule has 2 aromatic carbocycles. The average Bonchev–Trinajstić information content (AvgIpc) is 2.74. The number of rotatable bonds is 8. The molecule has 0 radical (unpaired) electrons. The molecule has 1 heterocycles. The first-order valence-corrected chi connectivity index (χ1v) is 10.5. The van der Waals surface area contributed by atoms with E-state index < -0.39 is 17.8 Å². The minimum absolute atomic E-state index is 0.161. The molecular weight excluding hydrogens is 423 g/mol. The fourth-order valence-electron chi connectivity index (χ4n) is 3.53. The molecule has 1 atom stereocenters. The third-order valence-corrected chi connectivity index (χ3v) is 5.32. The summed E-state index contributed by atoms with van der Waals surface area (Å²) in [6.45, 7) is 5.53. The Hall–Kier alpha value is -2.62. The standard InChI is InChI=1S/C23H28F3N3O3/c1-17-4-2-3-5-21(17)32-16-20(30)14-28-10-12-29(13-11-28)15-22(31)27-19-8-6-18(7-9-19)23(24,25)26/h2-9,20,30H,10-16H2,1H3,(H,27,31). The van der Waals surface area contributed by atoms with Crippen molar-refractivity contribution in [3.8, 4) is 5.75 Å². The SMILES string of the molecule is Cc1ccccc1OCC(O)CN1CCN(CC(=O)Nc2ccc(C(F)(F)F)cc2)CC1. The predicted molar refractivity (Wildman–Crippen MR) is 116 cm³/mol. The number of hydrogen-bond donors (Lipinski definition) is 2. The molecule has 1 aliphatic rings. The number of nitrogens with zero attached hydrogens (tertiary/aromatic N) is 2. The molecule has 3 rings (SSSR count). The number of aryl methyl sites for hydroxylation is 1. The lowest BCUT2D eigenvalue weighted by Gasteiger charge is -2.35. The highest BCUT2D eigenvalue weighted by atomic mass is 19.4. The minimum atomic E-state index is -4.40. The number of piperazine rings is 1. The van der Waals surface area contributed by atoms with Gasteiger partial charge < -0.3 is 15.2 Å². The van der Waals surface area contributed by atoms with E-state index in [9.17, 15) is 23.1 Å². The van der Waals surface area contributed by atoms with Gasteiger partial charge in [0.2, 0.25) is 5.91 Å². The first kappa shape index (κ1) is 24.0. The Labute approximate surface area is 185 Å². The monoisotopic (exact) mass is 451 g/mol. The van der Waals surface area contributed by atoms with Crippen LogP contribution in [0.25, 0.3) is 0 Å². The maximum absolute atomic E-state index is 12.6. The molecule has 1 fully saturated rings. The van der Waals surface area contributed by atoms with E-state index in [1.807, 2.05) is 36.1 Å². The number of halogens is 3. The Morgan fingerprint density at radius 2 is 1.69 bits per heavy atom. The lowest BCUT2D eigenvalue weighted by molar-refractivity contribution is -0.137. The third kappa shape index (κ3) is 7.22. The lowest BCUT2D eigenvalue weighted by Crippen LogP contribution is -2.50. The highest BCUT2D eigenvalue weighted by Gasteiger charge is 2.30. The summed E-state index contributed by atoms with van der Waals surface area (Å²) in [5, 5.41) is 12.9. The molecule has 0 spiro atoms. The number of carbonyl (C=O) groups excluding carboxylic acids is 1. The van der Waals surface area contributed by atoms with Gasteiger partial charge in [-0.1, -0.05) is 18.2 Å². The Kier molecular flexibility index (Phi) is 8.11. The zero-order valence-corrected chi connectivity index (χ0v) is 17.9. The summed E-state index contributed by atoms with van der Waals surface area (Å²) in [5.74, 6) is 0.486. The van der Waals surface area contributed by atoms with Crippen molar-refractivity contribution in [2.45, 2.75) is 19.2 Å². The van der Waals surface area contributed by atoms with Gasteiger partial charge in [-0.2, -0.15) is 13.2 Å². The number of carbonyl (C=O) groups is 1. The molecule has 9 heteroatoms. The third-order valence-electron chi connectivity index (χ3n) is 5.32. The van der Waals surface area contributed by atoms with Gasteiger partial charge in [-0.25, -0.2) is 0 Å². The molecule has 6 nitrogen and oxygen atoms in total. The second kappa shape index (κ2) is 10.8. The fourth-order valence-corrected chi connectivity index (χ4v) is 3.53. The maximum atomic E-state index is 12.6. The molecule has 1 saturated heterocycles. The van der Waals surface area contributed by atoms with E-state index in [0.717, 1.165) is 23.4 Å². The van der Waals surface area contributed by atoms with Gasteiger partial charge in [-0.05, 0) is 42.8 Å². The normalized spacial score (nSPS) is 16.5. The van der Waals surface area contributed by atoms with Crippen molar-refractivity contribution < 1.29 is 27.8 Å². The Bertz CT molecular complexity index is 882. The van der Waals surface area contributed by atoms with E-state index in [4.69, 9.17) is 4.74 Å². The molecule has 0 bridgehead atoms. The summed E-state index contributed by atoms with van der Waals surface area (Å²) in [6.07, 6.45) is -5.02. The van der Waals surface area contributed by atoms with Crippen molar-refractivity contribution in [2.24, 2.45) is 0 Å². The van der Waals surface area contributed by atoms with Crippen LogP contribution in [0.1, 0.15) is 11.1 Å². The summed E-state index contributed by atoms with van der Waals surface area (Å²) in [6, 6.07) is 12.0. The summed E-state index contributed by atoms with van der Waals surface area (Å²) in [5.41, 5.74) is 0.597. The zero-order chi connectivity index (χ0) is 23.1. The van der Waals surface area contributed by atoms with E-state index in [0.29, 0.717) is 38.4 Å². The summed E-state index contributed by atoms with van der Waals surface area (Å²) < 4.78 is 43.5. The van der Waals surface area contributed by atoms with Crippen LogP contribution in [0.4, 0.5) is 18.9 Å². The van der Waals surface area contributed by atoms with E-state index in [1.54, 1.807) is 0 Å². The van der Waals surface area contributed by atoms with Crippen LogP contribution >= 0.6 is 0 Å². The second-order valence-electron chi connectivity index (χ2n) is 7.93. The summed E-state index contributed by atoms with van der Waals surface area (Å²) in [7, 11) is 0. The van der Waals surface area contributed by atoms with Crippen molar-refractivity contribution in [1.29, 1.82) is 0 Å². The Morgan fingerprint density at radius 1 is 1.06 bits per heavy atom. The van der Waals surface area contributed by atoms with Crippen LogP contribution in [-0.4, -0.2) is 72.8 Å². The lowest BCUT2D eigenvalue weighted by atomic mass is 10.2. The van der Waals surface area contributed by atoms with Crippen molar-refractivity contribution in [3.05, 3.63) is 59.7 Å². The summed E-state index contributed by atoms with van der Waals surface area (Å²) in [4.78, 5) is 16.3. The maximum Gasteiger partial charge on any atom is 0.416 e. The number of aliphatic hydroxyl groups is 1. The molecule has 174 valence electrons. The van der Waals surface area contributed by atoms with Crippen LogP contribution in [0.5, 0.6) is 5.75 Å². The number of aliphatic hydroxyl groups excluding tert-OH is 1. The Balaban J connectivity index is 1.36. The van der Waals surface area contributed by atoms with Gasteiger partial charge in [-0.15, -0.1) is 0 Å². The first-order valence-electron chi connectivity index (χ1n) is 10.5. The number of anilines is 1. The molecule has 1 amide bonds. The van der Waals surface area contributed by atoms with Crippen molar-refractivity contribution >= 4 is 11.6 Å². The van der Waals surface area contributed by atoms with Crippen LogP contribution in [0, 0.1) is 6.92 Å². The molecule has 2 N–H and O–H groups in total. The van der Waals surface area contributed by atoms with Gasteiger partial charge in [0.1, 0.15) is 18.5 Å². The van der Waals surface area contributed by atoms with E-state index in [-0.39, 0.29) is 19.1 Å². The quantitative estimate of drug-likeness (QED) is 0.646. The number of hydrogen-bond acceptors (Lipinski definition) is 5. The number of benzene rings is 2. The van der Waals surface area contributed by atoms with Crippen LogP contribution in [0.3, 0.4) is 0 Å². The number of nitrogens with one attached hydrogen (secondary N) is 1. The topological polar surface area (TPSA) is 65.0 Å². The average molecular weight is 451 g/mol. The van der Waals surface area contributed by atoms with Crippen molar-refractivity contribution in [3.63, 3.8) is 0 Å². The highest BCUT2D eigenvalue weighted by molar-refractivity contribution is 5.92. The number of ether oxygens (including phenoxy) is 1. The fraction of sp³-hybridized carbons (Fsp3) is 0.435. The van der Waals surface area contributed by atoms with Crippen LogP contribution in [0.15, 0.2) is 48.5 Å². The molecule has 1 aliphatic heterocycles. The number of para-hydroxylation sites is 1. The number of amides is 1. The van der Waals surface area contributed by atoms with Crippen LogP contribution in [-0.2, 0) is 11.0 Å². The van der Waals surface area contributed by atoms with Crippen molar-refractivity contribution in [2.75, 3.05) is 51.2 Å². The van der Waals surface area contributed by atoms with Gasteiger partial charge >= 0.3 is 6.18 Å². The van der Waals surface area contributed by atoms with Crippen LogP contribution in [0.2, 0.25) is 0 Å². The van der Waals surface area contributed by atoms with E-state index in [1.165, 1.54) is 12.1 Å². The molecule has 1 unspecified atom stereocenters. The molecular formula is C23H28F3N3O3. The second-order valence-corrected chi connectivity index (χ2v) is 7.93. The smallest absolute Gasteiger partial charge is 0.416 e. The van der Waals surface area contributed by atoms with Gasteiger partial charge in [0.15, 0.2) is 0 Å². The van der Waals surface area contributed by atoms with Gasteiger partial charge in [0.05, 0.1) is 12.1 Å². The number of β-amino-alcohol motifs (C(OH)–C–C–N with tert-alkyl or cyclic N) is 1. The predicted octanol–water partition coefficient (Wildman–Crippen LogP) is 3.01. The minimum Gasteiger partial charge on any atom is -0.491 e. The molecule has 32 heavy (non-hydrogen) atoms. The van der Waals surface area contributed by atoms with E-state index >= 15 is 0 Å². The molecule has 2 aromatic rings. The summed E-state index contributed by atoms with van der Waals surface area (Å²) >= 11 is 0. The van der Waals surface area contributed by atoms with Gasteiger partial charge in [-0.3, -0.25) is 14.6 Å². The van der Waals surface area contributed by atoms with Gasteiger partial charge in [0.25, 0.3) is 0 Å². The molecule has 0 saturated carbocycles. The molecule has 0 aliphatic carbocycles. The number of alkyl halides is 3. The molecule has 0 aromatic heterocycles. The van der Waals surface area contributed by atoms with Gasteiger partial charge in [0, 0.05) is 38.4 Å². The van der Waals surface area contributed by atoms with Crippen molar-refractivity contribution in [1.82, 2.24) is 9.80 Å². The zero-order valence-electron chi connectivity index (χ0n) is 17.9. The van der Waals surface area contributed by atoms with Crippen LogP contribution < -0.4 is 10.1 Å². The highest BCUT2D eigenvalue weighted by Crippen LogP contribution is 2.29.